The fourth-order valence-corrected chi connectivity index (χ4v) is 3.64. The van der Waals surface area contributed by atoms with Crippen LogP contribution in [0.2, 0.25) is 0 Å². The monoisotopic (exact) mass is 452 g/mol. The molecule has 0 saturated heterocycles. The highest BCUT2D eigenvalue weighted by Gasteiger charge is 2.34. The first-order valence-corrected chi connectivity index (χ1v) is 10.1. The van der Waals surface area contributed by atoms with Crippen molar-refractivity contribution in [3.05, 3.63) is 66.6 Å². The first kappa shape index (κ1) is 20.6. The summed E-state index contributed by atoms with van der Waals surface area (Å²) in [6.45, 7) is -0.393. The van der Waals surface area contributed by atoms with E-state index in [1.807, 2.05) is 13.0 Å². The molecule has 0 aliphatic carbocycles. The van der Waals surface area contributed by atoms with Crippen molar-refractivity contribution in [1.82, 2.24) is 19.6 Å². The molecule has 11 heteroatoms. The van der Waals surface area contributed by atoms with E-state index < -0.39 is 6.61 Å². The van der Waals surface area contributed by atoms with Crippen LogP contribution in [0.4, 0.5) is 30.8 Å². The van der Waals surface area contributed by atoms with Crippen molar-refractivity contribution < 1.29 is 23.0 Å². The number of hydrogen-bond donors (Lipinski definition) is 0. The SMILES string of the molecule is CCOc1ccc2c(n1)N(c1ccc(OC(F)F)cc1)C(=O)N(c1ccc3nncn3c1)C2. The summed E-state index contributed by atoms with van der Waals surface area (Å²) >= 11 is 0. The van der Waals surface area contributed by atoms with Gasteiger partial charge in [-0.2, -0.15) is 13.8 Å². The van der Waals surface area contributed by atoms with Crippen molar-refractivity contribution in [2.45, 2.75) is 20.1 Å². The van der Waals surface area contributed by atoms with Crippen LogP contribution in [0, 0.1) is 0 Å². The summed E-state index contributed by atoms with van der Waals surface area (Å²) in [7, 11) is 0. The van der Waals surface area contributed by atoms with Gasteiger partial charge in [0.1, 0.15) is 17.9 Å². The number of pyridine rings is 2. The number of rotatable bonds is 6. The van der Waals surface area contributed by atoms with E-state index in [4.69, 9.17) is 4.74 Å². The molecular formula is C22H18F2N6O3. The zero-order valence-electron chi connectivity index (χ0n) is 17.4. The van der Waals surface area contributed by atoms with Crippen LogP contribution < -0.4 is 19.3 Å². The van der Waals surface area contributed by atoms with Gasteiger partial charge < -0.3 is 9.47 Å². The van der Waals surface area contributed by atoms with Crippen LogP contribution in [0.1, 0.15) is 12.5 Å². The fourth-order valence-electron chi connectivity index (χ4n) is 3.64. The lowest BCUT2D eigenvalue weighted by atomic mass is 10.1. The maximum atomic E-state index is 13.7. The highest BCUT2D eigenvalue weighted by atomic mass is 19.3. The summed E-state index contributed by atoms with van der Waals surface area (Å²) in [5.74, 6) is 0.783. The van der Waals surface area contributed by atoms with E-state index >= 15 is 0 Å². The molecule has 168 valence electrons. The predicted octanol–water partition coefficient (Wildman–Crippen LogP) is 4.40. The number of urea groups is 1. The van der Waals surface area contributed by atoms with Gasteiger partial charge in [0.25, 0.3) is 0 Å². The molecule has 2 amide bonds. The standard InChI is InChI=1S/C22H18F2N6O3/c1-2-32-19-10-3-14-11-29(16-6-9-18-27-25-13-28(18)12-16)22(31)30(20(14)26-19)15-4-7-17(8-5-15)33-21(23)24/h3-10,12-13,21H,2,11H2,1H3. The molecule has 3 aromatic heterocycles. The molecule has 1 aliphatic heterocycles. The first-order chi connectivity index (χ1) is 16.0. The molecule has 0 N–H and O–H groups in total. The Kier molecular flexibility index (Phi) is 5.21. The Morgan fingerprint density at radius 2 is 1.85 bits per heavy atom. The van der Waals surface area contributed by atoms with E-state index in [0.717, 1.165) is 5.56 Å². The Morgan fingerprint density at radius 1 is 1.06 bits per heavy atom. The summed E-state index contributed by atoms with van der Waals surface area (Å²) in [6, 6.07) is 12.6. The molecule has 0 unspecified atom stereocenters. The highest BCUT2D eigenvalue weighted by molar-refractivity contribution is 6.10. The van der Waals surface area contributed by atoms with Crippen molar-refractivity contribution in [2.24, 2.45) is 0 Å². The van der Waals surface area contributed by atoms with Crippen molar-refractivity contribution in [2.75, 3.05) is 16.4 Å². The number of nitrogens with zero attached hydrogens (tertiary/aromatic N) is 6. The first-order valence-electron chi connectivity index (χ1n) is 10.1. The second kappa shape index (κ2) is 8.34. The molecule has 1 aromatic carbocycles. The summed E-state index contributed by atoms with van der Waals surface area (Å²) < 4.78 is 36.8. The third-order valence-corrected chi connectivity index (χ3v) is 5.09. The number of anilines is 3. The second-order valence-corrected chi connectivity index (χ2v) is 7.13. The molecule has 0 bridgehead atoms. The van der Waals surface area contributed by atoms with E-state index in [2.05, 4.69) is 19.9 Å². The summed E-state index contributed by atoms with van der Waals surface area (Å²) in [5.41, 5.74) is 2.52. The van der Waals surface area contributed by atoms with Gasteiger partial charge in [0.15, 0.2) is 5.65 Å². The number of amides is 2. The zero-order valence-corrected chi connectivity index (χ0v) is 17.4. The van der Waals surface area contributed by atoms with Gasteiger partial charge in [-0.1, -0.05) is 0 Å². The second-order valence-electron chi connectivity index (χ2n) is 7.13. The Morgan fingerprint density at radius 3 is 2.61 bits per heavy atom. The average Bonchev–Trinajstić information content (AvgIpc) is 3.27. The largest absolute Gasteiger partial charge is 0.478 e. The van der Waals surface area contributed by atoms with E-state index in [9.17, 15) is 13.6 Å². The molecule has 9 nitrogen and oxygen atoms in total. The molecule has 1 aliphatic rings. The molecule has 4 heterocycles. The van der Waals surface area contributed by atoms with Crippen molar-refractivity contribution in [1.29, 1.82) is 0 Å². The van der Waals surface area contributed by atoms with Crippen molar-refractivity contribution >= 4 is 28.9 Å². The number of halogens is 2. The molecule has 0 atom stereocenters. The van der Waals surface area contributed by atoms with Gasteiger partial charge in [0.2, 0.25) is 5.88 Å². The minimum Gasteiger partial charge on any atom is -0.478 e. The lowest BCUT2D eigenvalue weighted by Gasteiger charge is -2.36. The maximum absolute atomic E-state index is 13.7. The molecule has 33 heavy (non-hydrogen) atoms. The maximum Gasteiger partial charge on any atom is 0.387 e. The molecule has 0 saturated carbocycles. The van der Waals surface area contributed by atoms with Crippen LogP contribution in [-0.4, -0.2) is 38.8 Å². The minimum absolute atomic E-state index is 0.00984. The number of carbonyl (C=O) groups excluding carboxylic acids is 1. The molecular weight excluding hydrogens is 434 g/mol. The number of fused-ring (bicyclic) bond motifs is 2. The van der Waals surface area contributed by atoms with Crippen LogP contribution in [0.5, 0.6) is 11.6 Å². The smallest absolute Gasteiger partial charge is 0.387 e. The molecule has 0 fully saturated rings. The van der Waals surface area contributed by atoms with Crippen LogP contribution in [-0.2, 0) is 6.54 Å². The van der Waals surface area contributed by atoms with Crippen molar-refractivity contribution in [3.63, 3.8) is 0 Å². The van der Waals surface area contributed by atoms with E-state index in [-0.39, 0.29) is 18.3 Å². The van der Waals surface area contributed by atoms with Gasteiger partial charge in [-0.25, -0.2) is 9.69 Å². The van der Waals surface area contributed by atoms with Gasteiger partial charge in [0.05, 0.1) is 24.5 Å². The topological polar surface area (TPSA) is 85.1 Å². The van der Waals surface area contributed by atoms with Gasteiger partial charge in [-0.3, -0.25) is 9.30 Å². The Bertz CT molecular complexity index is 1310. The van der Waals surface area contributed by atoms with Crippen LogP contribution >= 0.6 is 0 Å². The predicted molar refractivity (Wildman–Crippen MR) is 115 cm³/mol. The van der Waals surface area contributed by atoms with Crippen LogP contribution in [0.25, 0.3) is 5.65 Å². The summed E-state index contributed by atoms with van der Waals surface area (Å²) in [6.07, 6.45) is 3.31. The number of alkyl halides is 2. The highest BCUT2D eigenvalue weighted by Crippen LogP contribution is 2.37. The summed E-state index contributed by atoms with van der Waals surface area (Å²) in [5, 5.41) is 7.86. The Balaban J connectivity index is 1.58. The molecule has 4 aromatic rings. The molecule has 0 radical (unpaired) electrons. The minimum atomic E-state index is -2.94. The number of benzene rings is 1. The summed E-state index contributed by atoms with van der Waals surface area (Å²) in [4.78, 5) is 21.2. The number of carbonyl (C=O) groups is 1. The Labute approximate surface area is 186 Å². The third-order valence-electron chi connectivity index (χ3n) is 5.09. The number of aromatic nitrogens is 4. The number of ether oxygens (including phenoxy) is 2. The van der Waals surface area contributed by atoms with E-state index in [0.29, 0.717) is 35.3 Å². The molecule has 0 spiro atoms. The van der Waals surface area contributed by atoms with Gasteiger partial charge in [0, 0.05) is 17.8 Å². The van der Waals surface area contributed by atoms with E-state index in [1.54, 1.807) is 40.0 Å². The van der Waals surface area contributed by atoms with Gasteiger partial charge in [-0.05, 0) is 49.4 Å². The molecule has 5 rings (SSSR count). The van der Waals surface area contributed by atoms with Crippen LogP contribution in [0.3, 0.4) is 0 Å². The fraction of sp³-hybridized carbons (Fsp3) is 0.182. The normalized spacial score (nSPS) is 13.5. The van der Waals surface area contributed by atoms with Gasteiger partial charge >= 0.3 is 12.6 Å². The van der Waals surface area contributed by atoms with E-state index in [1.165, 1.54) is 29.2 Å². The third kappa shape index (κ3) is 3.88. The quantitative estimate of drug-likeness (QED) is 0.431. The number of hydrogen-bond acceptors (Lipinski definition) is 6. The zero-order chi connectivity index (χ0) is 22.9. The van der Waals surface area contributed by atoms with Crippen LogP contribution in [0.15, 0.2) is 61.1 Å². The lowest BCUT2D eigenvalue weighted by Crippen LogP contribution is -2.45. The van der Waals surface area contributed by atoms with Gasteiger partial charge in [-0.15, -0.1) is 10.2 Å². The average molecular weight is 452 g/mol. The van der Waals surface area contributed by atoms with Crippen molar-refractivity contribution in [3.8, 4) is 11.6 Å². The lowest BCUT2D eigenvalue weighted by molar-refractivity contribution is -0.0498. The Hall–Kier alpha value is -4.28.